The molecule has 0 radical (unpaired) electrons. The largest absolute Gasteiger partial charge is 0.366 e. The number of para-hydroxylation sites is 2. The summed E-state index contributed by atoms with van der Waals surface area (Å²) in [5.41, 5.74) is 4.98. The first kappa shape index (κ1) is 23.2. The number of rotatable bonds is 7. The average Bonchev–Trinajstić information content (AvgIpc) is 2.81. The SMILES string of the molecule is NC(=O)c1cccc(C(CF)c2ccc(F)cc2F)c1NS(=O)(=O)c1cccc2nccnc12. The van der Waals surface area contributed by atoms with Crippen LogP contribution in [0.5, 0.6) is 0 Å². The van der Waals surface area contributed by atoms with E-state index in [1.807, 2.05) is 0 Å². The number of hydrogen-bond acceptors (Lipinski definition) is 5. The Bertz CT molecular complexity index is 1510. The summed E-state index contributed by atoms with van der Waals surface area (Å²) in [5, 5.41) is 0. The predicted molar refractivity (Wildman–Crippen MR) is 119 cm³/mol. The molecule has 3 N–H and O–H groups in total. The van der Waals surface area contributed by atoms with E-state index >= 15 is 0 Å². The van der Waals surface area contributed by atoms with Gasteiger partial charge < -0.3 is 5.73 Å². The molecule has 0 saturated carbocycles. The second kappa shape index (κ2) is 9.10. The molecule has 0 bridgehead atoms. The predicted octanol–water partition coefficient (Wildman–Crippen LogP) is 3.91. The minimum Gasteiger partial charge on any atom is -0.366 e. The Balaban J connectivity index is 1.90. The maximum Gasteiger partial charge on any atom is 0.264 e. The third-order valence-corrected chi connectivity index (χ3v) is 6.60. The van der Waals surface area contributed by atoms with Gasteiger partial charge in [-0.3, -0.25) is 23.9 Å². The normalized spacial score (nSPS) is 12.4. The Hall–Kier alpha value is -3.99. The molecule has 174 valence electrons. The van der Waals surface area contributed by atoms with Gasteiger partial charge in [-0.25, -0.2) is 17.2 Å². The maximum absolute atomic E-state index is 14.5. The lowest BCUT2D eigenvalue weighted by atomic mass is 9.89. The van der Waals surface area contributed by atoms with Crippen molar-refractivity contribution >= 4 is 32.7 Å². The van der Waals surface area contributed by atoms with E-state index in [2.05, 4.69) is 14.7 Å². The fourth-order valence-corrected chi connectivity index (χ4v) is 4.95. The zero-order chi connectivity index (χ0) is 24.5. The first-order valence-corrected chi connectivity index (χ1v) is 11.4. The Morgan fingerprint density at radius 1 is 1.00 bits per heavy atom. The number of nitrogens with two attached hydrogens (primary N) is 1. The molecule has 0 fully saturated rings. The molecule has 3 aromatic carbocycles. The third-order valence-electron chi connectivity index (χ3n) is 5.22. The van der Waals surface area contributed by atoms with Crippen molar-refractivity contribution in [3.63, 3.8) is 0 Å². The Morgan fingerprint density at radius 3 is 2.44 bits per heavy atom. The molecule has 0 aliphatic carbocycles. The molecule has 4 rings (SSSR count). The van der Waals surface area contributed by atoms with E-state index in [9.17, 15) is 26.4 Å². The Labute approximate surface area is 192 Å². The van der Waals surface area contributed by atoms with Crippen LogP contribution in [-0.2, 0) is 10.0 Å². The van der Waals surface area contributed by atoms with Crippen LogP contribution in [-0.4, -0.2) is 31.0 Å². The summed E-state index contributed by atoms with van der Waals surface area (Å²) < 4.78 is 71.1. The van der Waals surface area contributed by atoms with Gasteiger partial charge >= 0.3 is 0 Å². The number of alkyl halides is 1. The maximum atomic E-state index is 14.5. The molecule has 1 unspecified atom stereocenters. The van der Waals surface area contributed by atoms with E-state index in [1.54, 1.807) is 6.07 Å². The summed E-state index contributed by atoms with van der Waals surface area (Å²) in [7, 11) is -4.40. The van der Waals surface area contributed by atoms with Crippen LogP contribution in [0.2, 0.25) is 0 Å². The molecule has 0 spiro atoms. The summed E-state index contributed by atoms with van der Waals surface area (Å²) in [6.45, 7) is -1.17. The summed E-state index contributed by atoms with van der Waals surface area (Å²) in [5.74, 6) is -4.23. The second-order valence-electron chi connectivity index (χ2n) is 7.29. The lowest BCUT2D eigenvalue weighted by molar-refractivity contribution is 0.100. The van der Waals surface area contributed by atoms with Crippen molar-refractivity contribution in [2.24, 2.45) is 5.73 Å². The number of nitrogens with zero attached hydrogens (tertiary/aromatic N) is 2. The summed E-state index contributed by atoms with van der Waals surface area (Å²) in [6, 6.07) is 10.9. The number of carbonyl (C=O) groups excluding carboxylic acids is 1. The lowest BCUT2D eigenvalue weighted by Crippen LogP contribution is -2.22. The van der Waals surface area contributed by atoms with Crippen LogP contribution in [0, 0.1) is 11.6 Å². The highest BCUT2D eigenvalue weighted by atomic mass is 32.2. The van der Waals surface area contributed by atoms with Gasteiger partial charge in [0.1, 0.15) is 28.7 Å². The Kier molecular flexibility index (Phi) is 6.20. The van der Waals surface area contributed by atoms with Crippen molar-refractivity contribution in [3.05, 3.63) is 95.3 Å². The van der Waals surface area contributed by atoms with Gasteiger partial charge in [0.25, 0.3) is 15.9 Å². The van der Waals surface area contributed by atoms with Gasteiger partial charge in [-0.05, 0) is 35.4 Å². The van der Waals surface area contributed by atoms with E-state index in [0.29, 0.717) is 11.6 Å². The minimum absolute atomic E-state index is 0.0563. The molecule has 1 aromatic heterocycles. The number of sulfonamides is 1. The number of halogens is 3. The van der Waals surface area contributed by atoms with Gasteiger partial charge in [0.15, 0.2) is 0 Å². The van der Waals surface area contributed by atoms with Crippen molar-refractivity contribution in [3.8, 4) is 0 Å². The van der Waals surface area contributed by atoms with E-state index in [1.165, 1.54) is 42.7 Å². The van der Waals surface area contributed by atoms with Crippen molar-refractivity contribution in [2.75, 3.05) is 11.4 Å². The van der Waals surface area contributed by atoms with Gasteiger partial charge in [0.2, 0.25) is 0 Å². The molecule has 1 heterocycles. The average molecular weight is 486 g/mol. The summed E-state index contributed by atoms with van der Waals surface area (Å²) in [4.78, 5) is 20.0. The number of anilines is 1. The molecular weight excluding hydrogens is 469 g/mol. The van der Waals surface area contributed by atoms with Crippen molar-refractivity contribution in [1.82, 2.24) is 9.97 Å². The first-order chi connectivity index (χ1) is 16.2. The number of benzene rings is 3. The van der Waals surface area contributed by atoms with Crippen molar-refractivity contribution in [2.45, 2.75) is 10.8 Å². The zero-order valence-corrected chi connectivity index (χ0v) is 18.2. The molecule has 1 amide bonds. The molecular formula is C23H17F3N4O3S. The highest BCUT2D eigenvalue weighted by molar-refractivity contribution is 7.93. The van der Waals surface area contributed by atoms with Crippen LogP contribution in [0.3, 0.4) is 0 Å². The van der Waals surface area contributed by atoms with Crippen LogP contribution < -0.4 is 10.5 Å². The molecule has 0 aliphatic heterocycles. The number of carbonyl (C=O) groups is 1. The lowest BCUT2D eigenvalue weighted by Gasteiger charge is -2.22. The minimum atomic E-state index is -4.40. The fraction of sp³-hybridized carbons (Fsp3) is 0.0870. The highest BCUT2D eigenvalue weighted by Gasteiger charge is 2.28. The van der Waals surface area contributed by atoms with Gasteiger partial charge in [-0.2, -0.15) is 0 Å². The van der Waals surface area contributed by atoms with Crippen LogP contribution in [0.1, 0.15) is 27.4 Å². The van der Waals surface area contributed by atoms with Gasteiger partial charge in [-0.1, -0.05) is 24.3 Å². The molecule has 7 nitrogen and oxygen atoms in total. The monoisotopic (exact) mass is 486 g/mol. The van der Waals surface area contributed by atoms with Crippen molar-refractivity contribution < 1.29 is 26.4 Å². The number of nitrogens with one attached hydrogen (secondary N) is 1. The van der Waals surface area contributed by atoms with Gasteiger partial charge in [0.05, 0.1) is 16.8 Å². The van der Waals surface area contributed by atoms with Crippen LogP contribution >= 0.6 is 0 Å². The van der Waals surface area contributed by atoms with Crippen LogP contribution in [0.4, 0.5) is 18.9 Å². The summed E-state index contributed by atoms with van der Waals surface area (Å²) >= 11 is 0. The molecule has 1 atom stereocenters. The fourth-order valence-electron chi connectivity index (χ4n) is 3.67. The van der Waals surface area contributed by atoms with E-state index in [0.717, 1.165) is 12.1 Å². The van der Waals surface area contributed by atoms with Crippen molar-refractivity contribution in [1.29, 1.82) is 0 Å². The highest BCUT2D eigenvalue weighted by Crippen LogP contribution is 2.36. The van der Waals surface area contributed by atoms with E-state index in [-0.39, 0.29) is 32.8 Å². The quantitative estimate of drug-likeness (QED) is 0.411. The molecule has 34 heavy (non-hydrogen) atoms. The third kappa shape index (κ3) is 4.29. The Morgan fingerprint density at radius 2 is 1.74 bits per heavy atom. The first-order valence-electron chi connectivity index (χ1n) is 9.89. The molecule has 4 aromatic rings. The van der Waals surface area contributed by atoms with Gasteiger partial charge in [0, 0.05) is 24.4 Å². The second-order valence-corrected chi connectivity index (χ2v) is 8.94. The number of aromatic nitrogens is 2. The number of hydrogen-bond donors (Lipinski definition) is 2. The number of amides is 1. The molecule has 11 heteroatoms. The molecule has 0 aliphatic rings. The standard InChI is InChI=1S/C23H17F3N4O3S/c24-12-17(14-8-7-13(25)11-18(14)26)15-3-1-4-16(23(27)31)21(15)30-34(32,33)20-6-2-5-19-22(20)29-10-9-28-19/h1-11,17,30H,12H2,(H2,27,31). The number of primary amides is 1. The van der Waals surface area contributed by atoms with Gasteiger partial charge in [-0.15, -0.1) is 0 Å². The van der Waals surface area contributed by atoms with E-state index < -0.39 is 40.2 Å². The zero-order valence-electron chi connectivity index (χ0n) is 17.4. The topological polar surface area (TPSA) is 115 Å². The molecule has 0 saturated heterocycles. The smallest absolute Gasteiger partial charge is 0.264 e. The number of fused-ring (bicyclic) bond motifs is 1. The van der Waals surface area contributed by atoms with E-state index in [4.69, 9.17) is 5.73 Å². The summed E-state index contributed by atoms with van der Waals surface area (Å²) in [6.07, 6.45) is 2.72. The van der Waals surface area contributed by atoms with Crippen LogP contribution in [0.15, 0.2) is 71.9 Å². The van der Waals surface area contributed by atoms with Crippen LogP contribution in [0.25, 0.3) is 11.0 Å².